The molecule has 7 heteroatoms. The van der Waals surface area contributed by atoms with Crippen LogP contribution in [0.3, 0.4) is 0 Å². The fraction of sp³-hybridized carbons (Fsp3) is 0.364. The number of halogens is 4. The molecule has 0 aromatic heterocycles. The largest absolute Gasteiger partial charge is 0.407 e. The molecule has 1 atom stereocenters. The van der Waals surface area contributed by atoms with Gasteiger partial charge in [-0.05, 0) is 6.07 Å². The molecule has 2 N–H and O–H groups in total. The first-order chi connectivity index (χ1) is 8.20. The Hall–Kier alpha value is -1.81. The van der Waals surface area contributed by atoms with E-state index in [0.717, 1.165) is 6.07 Å². The van der Waals surface area contributed by atoms with Crippen LogP contribution in [0, 0.1) is 17.1 Å². The summed E-state index contributed by atoms with van der Waals surface area (Å²) >= 11 is 0. The van der Waals surface area contributed by atoms with Gasteiger partial charge in [-0.2, -0.15) is 18.4 Å². The molecule has 0 amide bonds. The summed E-state index contributed by atoms with van der Waals surface area (Å²) in [6, 6.07) is 1.30. The fourth-order valence-electron chi connectivity index (χ4n) is 1.48. The second-order valence-electron chi connectivity index (χ2n) is 3.89. The van der Waals surface area contributed by atoms with E-state index in [4.69, 9.17) is 11.0 Å². The number of alkyl halides is 3. The van der Waals surface area contributed by atoms with E-state index in [0.29, 0.717) is 0 Å². The second-order valence-corrected chi connectivity index (χ2v) is 3.89. The number of nitriles is 1. The van der Waals surface area contributed by atoms with Crippen LogP contribution >= 0.6 is 0 Å². The lowest BCUT2D eigenvalue weighted by Gasteiger charge is -2.20. The molecule has 1 aromatic carbocycles. The predicted molar refractivity (Wildman–Crippen MR) is 58.4 cm³/mol. The summed E-state index contributed by atoms with van der Waals surface area (Å²) in [5.41, 5.74) is 3.96. The van der Waals surface area contributed by atoms with Gasteiger partial charge in [0, 0.05) is 19.7 Å². The summed E-state index contributed by atoms with van der Waals surface area (Å²) in [6.07, 6.45) is -4.76. The Bertz CT molecular complexity index is 488. The quantitative estimate of drug-likeness (QED) is 0.831. The van der Waals surface area contributed by atoms with E-state index in [1.54, 1.807) is 20.2 Å². The third-order valence-electron chi connectivity index (χ3n) is 2.43. The summed E-state index contributed by atoms with van der Waals surface area (Å²) in [5, 5.41) is 8.82. The van der Waals surface area contributed by atoms with E-state index in [2.05, 4.69) is 0 Å². The first kappa shape index (κ1) is 14.3. The van der Waals surface area contributed by atoms with Crippen LogP contribution in [0.4, 0.5) is 23.2 Å². The van der Waals surface area contributed by atoms with Crippen LogP contribution in [0.5, 0.6) is 0 Å². The van der Waals surface area contributed by atoms with Crippen LogP contribution in [-0.2, 0) is 0 Å². The topological polar surface area (TPSA) is 53.0 Å². The molecule has 98 valence electrons. The Morgan fingerprint density at radius 1 is 1.33 bits per heavy atom. The van der Waals surface area contributed by atoms with E-state index in [1.165, 1.54) is 11.0 Å². The van der Waals surface area contributed by atoms with Crippen LogP contribution < -0.4 is 10.6 Å². The van der Waals surface area contributed by atoms with Crippen LogP contribution in [0.2, 0.25) is 0 Å². The van der Waals surface area contributed by atoms with Crippen molar-refractivity contribution in [2.45, 2.75) is 12.2 Å². The van der Waals surface area contributed by atoms with Gasteiger partial charge < -0.3 is 10.6 Å². The Morgan fingerprint density at radius 2 is 1.89 bits per heavy atom. The van der Waals surface area contributed by atoms with Gasteiger partial charge in [0.15, 0.2) is 0 Å². The third kappa shape index (κ3) is 2.54. The Labute approximate surface area is 101 Å². The number of anilines is 1. The highest BCUT2D eigenvalue weighted by molar-refractivity contribution is 5.60. The molecule has 0 unspecified atom stereocenters. The summed E-state index contributed by atoms with van der Waals surface area (Å²) in [4.78, 5) is 1.44. The van der Waals surface area contributed by atoms with Crippen molar-refractivity contribution in [3.8, 4) is 6.07 Å². The van der Waals surface area contributed by atoms with Crippen molar-refractivity contribution in [1.82, 2.24) is 0 Å². The average molecular weight is 261 g/mol. The number of rotatable bonds is 2. The minimum atomic E-state index is -4.76. The fourth-order valence-corrected chi connectivity index (χ4v) is 1.48. The molecular formula is C11H11F4N3. The second kappa shape index (κ2) is 4.82. The molecule has 0 saturated carbocycles. The minimum absolute atomic E-state index is 0.202. The van der Waals surface area contributed by atoms with Gasteiger partial charge in [-0.3, -0.25) is 0 Å². The zero-order chi connectivity index (χ0) is 14.1. The Balaban J connectivity index is 3.40. The van der Waals surface area contributed by atoms with Crippen molar-refractivity contribution in [2.75, 3.05) is 19.0 Å². The minimum Gasteiger partial charge on any atom is -0.377 e. The summed E-state index contributed by atoms with van der Waals surface area (Å²) in [5.74, 6) is -1.23. The van der Waals surface area contributed by atoms with Gasteiger partial charge in [0.1, 0.15) is 23.5 Å². The third-order valence-corrected chi connectivity index (χ3v) is 2.43. The number of benzene rings is 1. The summed E-state index contributed by atoms with van der Waals surface area (Å²) < 4.78 is 51.1. The first-order valence-electron chi connectivity index (χ1n) is 4.92. The zero-order valence-electron chi connectivity index (χ0n) is 9.72. The molecule has 3 nitrogen and oxygen atoms in total. The highest BCUT2D eigenvalue weighted by Gasteiger charge is 2.40. The SMILES string of the molecule is CN(C)c1ccc([C@@H](N)C(F)(F)F)c(F)c1C#N. The molecule has 0 aliphatic carbocycles. The maximum absolute atomic E-state index is 13.8. The first-order valence-corrected chi connectivity index (χ1v) is 4.92. The van der Waals surface area contributed by atoms with E-state index in [-0.39, 0.29) is 5.69 Å². The maximum atomic E-state index is 13.8. The van der Waals surface area contributed by atoms with E-state index >= 15 is 0 Å². The molecule has 1 rings (SSSR count). The van der Waals surface area contributed by atoms with Gasteiger partial charge in [0.25, 0.3) is 0 Å². The number of hydrogen-bond acceptors (Lipinski definition) is 3. The van der Waals surface area contributed by atoms with Gasteiger partial charge in [-0.15, -0.1) is 0 Å². The lowest BCUT2D eigenvalue weighted by molar-refractivity contribution is -0.149. The molecular weight excluding hydrogens is 250 g/mol. The molecule has 0 aliphatic rings. The Kier molecular flexibility index (Phi) is 3.82. The van der Waals surface area contributed by atoms with Crippen LogP contribution in [-0.4, -0.2) is 20.3 Å². The van der Waals surface area contributed by atoms with Gasteiger partial charge in [-0.25, -0.2) is 4.39 Å². The van der Waals surface area contributed by atoms with Crippen molar-refractivity contribution in [1.29, 1.82) is 5.26 Å². The lowest BCUT2D eigenvalue weighted by Crippen LogP contribution is -2.29. The average Bonchev–Trinajstić information content (AvgIpc) is 2.26. The number of nitrogens with two attached hydrogens (primary N) is 1. The monoisotopic (exact) mass is 261 g/mol. The molecule has 0 fully saturated rings. The van der Waals surface area contributed by atoms with Crippen molar-refractivity contribution >= 4 is 5.69 Å². The molecule has 0 heterocycles. The maximum Gasteiger partial charge on any atom is 0.407 e. The zero-order valence-corrected chi connectivity index (χ0v) is 9.72. The van der Waals surface area contributed by atoms with E-state index in [9.17, 15) is 17.6 Å². The van der Waals surface area contributed by atoms with Gasteiger partial charge >= 0.3 is 6.18 Å². The molecule has 1 aromatic rings. The lowest BCUT2D eigenvalue weighted by atomic mass is 10.0. The summed E-state index contributed by atoms with van der Waals surface area (Å²) in [6.45, 7) is 0. The molecule has 0 aliphatic heterocycles. The summed E-state index contributed by atoms with van der Waals surface area (Å²) in [7, 11) is 3.11. The standard InChI is InChI=1S/C11H11F4N3/c1-18(2)8-4-3-6(9(12)7(8)5-16)10(17)11(13,14)15/h3-4,10H,17H2,1-2H3/t10-/m1/s1. The van der Waals surface area contributed by atoms with Crippen LogP contribution in [0.25, 0.3) is 0 Å². The molecule has 0 bridgehead atoms. The van der Waals surface area contributed by atoms with Gasteiger partial charge in [0.05, 0.1) is 5.69 Å². The predicted octanol–water partition coefficient (Wildman–Crippen LogP) is 2.33. The normalized spacial score (nSPS) is 13.0. The van der Waals surface area contributed by atoms with Crippen LogP contribution in [0.1, 0.15) is 17.2 Å². The molecule has 0 spiro atoms. The van der Waals surface area contributed by atoms with Crippen LogP contribution in [0.15, 0.2) is 12.1 Å². The van der Waals surface area contributed by atoms with E-state index < -0.39 is 29.2 Å². The van der Waals surface area contributed by atoms with Gasteiger partial charge in [-0.1, -0.05) is 6.07 Å². The van der Waals surface area contributed by atoms with Gasteiger partial charge in [0.2, 0.25) is 0 Å². The van der Waals surface area contributed by atoms with Crippen molar-refractivity contribution in [3.05, 3.63) is 29.1 Å². The van der Waals surface area contributed by atoms with Crippen molar-refractivity contribution in [2.24, 2.45) is 5.73 Å². The number of nitrogens with zero attached hydrogens (tertiary/aromatic N) is 2. The molecule has 0 saturated heterocycles. The molecule has 0 radical (unpaired) electrons. The molecule has 18 heavy (non-hydrogen) atoms. The van der Waals surface area contributed by atoms with Crippen molar-refractivity contribution < 1.29 is 17.6 Å². The van der Waals surface area contributed by atoms with Crippen molar-refractivity contribution in [3.63, 3.8) is 0 Å². The number of hydrogen-bond donors (Lipinski definition) is 1. The highest BCUT2D eigenvalue weighted by atomic mass is 19.4. The van der Waals surface area contributed by atoms with E-state index in [1.807, 2.05) is 0 Å². The smallest absolute Gasteiger partial charge is 0.377 e. The highest BCUT2D eigenvalue weighted by Crippen LogP contribution is 2.34. The Morgan fingerprint density at radius 3 is 2.28 bits per heavy atom.